The molecule has 0 radical (unpaired) electrons. The molecule has 0 aliphatic rings. The summed E-state index contributed by atoms with van der Waals surface area (Å²) in [4.78, 5) is 40.3. The summed E-state index contributed by atoms with van der Waals surface area (Å²) in [5.41, 5.74) is -0.0390. The van der Waals surface area contributed by atoms with Crippen LogP contribution < -0.4 is 4.74 Å². The molecule has 0 unspecified atom stereocenters. The second-order valence-corrected chi connectivity index (χ2v) is 6.15. The normalized spacial score (nSPS) is 10.4. The Kier molecular flexibility index (Phi) is 6.93. The fourth-order valence-corrected chi connectivity index (χ4v) is 3.08. The van der Waals surface area contributed by atoms with Gasteiger partial charge < -0.3 is 19.3 Å². The van der Waals surface area contributed by atoms with Crippen molar-refractivity contribution in [3.8, 4) is 22.6 Å². The van der Waals surface area contributed by atoms with Gasteiger partial charge in [-0.15, -0.1) is 0 Å². The third-order valence-corrected chi connectivity index (χ3v) is 4.28. The van der Waals surface area contributed by atoms with Crippen molar-refractivity contribution < 1.29 is 33.8 Å². The maximum atomic E-state index is 12.7. The van der Waals surface area contributed by atoms with Crippen molar-refractivity contribution in [1.29, 1.82) is 0 Å². The number of esters is 2. The van der Waals surface area contributed by atoms with Crippen LogP contribution in [0.5, 0.6) is 11.5 Å². The summed E-state index contributed by atoms with van der Waals surface area (Å²) in [6, 6.07) is 2.35. The minimum absolute atomic E-state index is 0.0347. The highest BCUT2D eigenvalue weighted by atomic mass is 16.6. The molecule has 1 heterocycles. The van der Waals surface area contributed by atoms with Crippen LogP contribution >= 0.6 is 0 Å². The number of aromatic nitrogens is 1. The Morgan fingerprint density at radius 3 is 1.97 bits per heavy atom. The second kappa shape index (κ2) is 9.21. The Bertz CT molecular complexity index is 974. The standard InChI is InChI=1S/C20H22N2O8/c1-6-29-19(24)15-10(3)21-11(4)16(20(25)30-7-2)17(15)12-8-13(22(26)27)18(23)14(9-12)28-5/h8-9,23H,6-7H2,1-5H3. The van der Waals surface area contributed by atoms with Crippen LogP contribution in [0.2, 0.25) is 0 Å². The van der Waals surface area contributed by atoms with Crippen LogP contribution in [0, 0.1) is 24.0 Å². The highest BCUT2D eigenvalue weighted by Gasteiger charge is 2.30. The Balaban J connectivity index is 3.02. The number of phenolic OH excluding ortho intramolecular Hbond substituents is 1. The summed E-state index contributed by atoms with van der Waals surface area (Å²) in [5.74, 6) is -2.38. The molecule has 0 amide bonds. The molecular weight excluding hydrogens is 396 g/mol. The number of ether oxygens (including phenoxy) is 3. The van der Waals surface area contributed by atoms with Gasteiger partial charge in [-0.05, 0) is 39.3 Å². The molecule has 0 fully saturated rings. The first-order valence-corrected chi connectivity index (χ1v) is 9.08. The van der Waals surface area contributed by atoms with E-state index in [9.17, 15) is 24.8 Å². The maximum absolute atomic E-state index is 12.7. The number of rotatable bonds is 7. The lowest BCUT2D eigenvalue weighted by Crippen LogP contribution is -2.17. The number of phenols is 1. The monoisotopic (exact) mass is 418 g/mol. The predicted octanol–water partition coefficient (Wildman–Crippen LogP) is 3.34. The Labute approximate surface area is 172 Å². The molecule has 0 aliphatic heterocycles. The molecule has 1 N–H and O–H groups in total. The molecule has 10 nitrogen and oxygen atoms in total. The SMILES string of the molecule is CCOC(=O)c1c(C)nc(C)c(C(=O)OCC)c1-c1cc(OC)c(O)c([N+](=O)[O-])c1. The molecule has 0 bridgehead atoms. The topological polar surface area (TPSA) is 138 Å². The van der Waals surface area contributed by atoms with Gasteiger partial charge in [0.1, 0.15) is 0 Å². The van der Waals surface area contributed by atoms with Crippen molar-refractivity contribution >= 4 is 17.6 Å². The van der Waals surface area contributed by atoms with Crippen molar-refractivity contribution in [3.05, 3.63) is 44.8 Å². The van der Waals surface area contributed by atoms with Crippen LogP contribution in [-0.4, -0.2) is 47.3 Å². The van der Waals surface area contributed by atoms with E-state index in [1.807, 2.05) is 0 Å². The summed E-state index contributed by atoms with van der Waals surface area (Å²) < 4.78 is 15.3. The third-order valence-electron chi connectivity index (χ3n) is 4.28. The summed E-state index contributed by atoms with van der Waals surface area (Å²) >= 11 is 0. The van der Waals surface area contributed by atoms with Gasteiger partial charge in [0.15, 0.2) is 5.75 Å². The molecular formula is C20H22N2O8. The molecule has 0 atom stereocenters. The van der Waals surface area contributed by atoms with Gasteiger partial charge in [-0.25, -0.2) is 9.59 Å². The summed E-state index contributed by atoms with van der Waals surface area (Å²) in [6.45, 7) is 6.50. The van der Waals surface area contributed by atoms with Gasteiger partial charge in [0.25, 0.3) is 0 Å². The number of methoxy groups -OCH3 is 1. The number of carbonyl (C=O) groups is 2. The van der Waals surface area contributed by atoms with E-state index in [4.69, 9.17) is 14.2 Å². The first-order valence-electron chi connectivity index (χ1n) is 9.08. The van der Waals surface area contributed by atoms with Crippen LogP contribution in [-0.2, 0) is 9.47 Å². The van der Waals surface area contributed by atoms with Gasteiger partial charge in [0.2, 0.25) is 5.75 Å². The molecule has 0 saturated carbocycles. The molecule has 1 aromatic carbocycles. The average molecular weight is 418 g/mol. The zero-order valence-electron chi connectivity index (χ0n) is 17.3. The van der Waals surface area contributed by atoms with Crippen LogP contribution in [0.1, 0.15) is 46.0 Å². The lowest BCUT2D eigenvalue weighted by atomic mass is 9.91. The van der Waals surface area contributed by atoms with Gasteiger partial charge in [-0.2, -0.15) is 0 Å². The number of aromatic hydroxyl groups is 1. The number of nitrogens with zero attached hydrogens (tertiary/aromatic N) is 2. The molecule has 0 saturated heterocycles. The lowest BCUT2D eigenvalue weighted by molar-refractivity contribution is -0.385. The van der Waals surface area contributed by atoms with E-state index < -0.39 is 28.3 Å². The summed E-state index contributed by atoms with van der Waals surface area (Å²) in [6.07, 6.45) is 0. The van der Waals surface area contributed by atoms with Gasteiger partial charge in [0.05, 0.1) is 47.8 Å². The van der Waals surface area contributed by atoms with E-state index in [2.05, 4.69) is 4.98 Å². The highest BCUT2D eigenvalue weighted by Crippen LogP contribution is 2.42. The van der Waals surface area contributed by atoms with Crippen LogP contribution in [0.15, 0.2) is 12.1 Å². The number of hydrogen-bond acceptors (Lipinski definition) is 9. The minimum Gasteiger partial charge on any atom is -0.500 e. The molecule has 2 aromatic rings. The largest absolute Gasteiger partial charge is 0.500 e. The van der Waals surface area contributed by atoms with Crippen LogP contribution in [0.3, 0.4) is 0 Å². The average Bonchev–Trinajstić information content (AvgIpc) is 2.67. The van der Waals surface area contributed by atoms with E-state index in [0.29, 0.717) is 0 Å². The minimum atomic E-state index is -0.795. The van der Waals surface area contributed by atoms with E-state index in [1.165, 1.54) is 13.2 Å². The molecule has 160 valence electrons. The predicted molar refractivity (Wildman–Crippen MR) is 106 cm³/mol. The van der Waals surface area contributed by atoms with Gasteiger partial charge >= 0.3 is 17.6 Å². The number of aryl methyl sites for hydroxylation is 2. The van der Waals surface area contributed by atoms with Crippen molar-refractivity contribution in [2.45, 2.75) is 27.7 Å². The first kappa shape index (κ1) is 22.6. The van der Waals surface area contributed by atoms with E-state index >= 15 is 0 Å². The Morgan fingerprint density at radius 1 is 1.07 bits per heavy atom. The number of nitro benzene ring substituents is 1. The van der Waals surface area contributed by atoms with Gasteiger partial charge in [-0.3, -0.25) is 15.1 Å². The van der Waals surface area contributed by atoms with Crippen LogP contribution in [0.25, 0.3) is 11.1 Å². The zero-order valence-corrected chi connectivity index (χ0v) is 17.3. The summed E-state index contributed by atoms with van der Waals surface area (Å²) in [5, 5.41) is 21.5. The molecule has 0 spiro atoms. The number of pyridine rings is 1. The lowest BCUT2D eigenvalue weighted by Gasteiger charge is -2.18. The molecule has 1 aromatic heterocycles. The van der Waals surface area contributed by atoms with Gasteiger partial charge in [-0.1, -0.05) is 0 Å². The van der Waals surface area contributed by atoms with Crippen molar-refractivity contribution in [2.24, 2.45) is 0 Å². The fraction of sp³-hybridized carbons (Fsp3) is 0.350. The van der Waals surface area contributed by atoms with Gasteiger partial charge in [0, 0.05) is 11.6 Å². The third kappa shape index (κ3) is 4.17. The maximum Gasteiger partial charge on any atom is 0.340 e. The molecule has 30 heavy (non-hydrogen) atoms. The zero-order chi connectivity index (χ0) is 22.6. The molecule has 0 aliphatic carbocycles. The Hall–Kier alpha value is -3.69. The number of nitro groups is 1. The van der Waals surface area contributed by atoms with E-state index in [1.54, 1.807) is 27.7 Å². The quantitative estimate of drug-likeness (QED) is 0.407. The van der Waals surface area contributed by atoms with E-state index in [0.717, 1.165) is 6.07 Å². The number of benzene rings is 1. The fourth-order valence-electron chi connectivity index (χ4n) is 3.08. The van der Waals surface area contributed by atoms with Crippen molar-refractivity contribution in [3.63, 3.8) is 0 Å². The first-order chi connectivity index (χ1) is 14.2. The smallest absolute Gasteiger partial charge is 0.340 e. The summed E-state index contributed by atoms with van der Waals surface area (Å²) in [7, 11) is 1.23. The number of hydrogen-bond donors (Lipinski definition) is 1. The highest BCUT2D eigenvalue weighted by molar-refractivity contribution is 6.07. The second-order valence-electron chi connectivity index (χ2n) is 6.15. The van der Waals surface area contributed by atoms with Crippen molar-refractivity contribution in [2.75, 3.05) is 20.3 Å². The number of carbonyl (C=O) groups excluding carboxylic acids is 2. The van der Waals surface area contributed by atoms with Crippen LogP contribution in [0.4, 0.5) is 5.69 Å². The molecule has 10 heteroatoms. The Morgan fingerprint density at radius 2 is 1.57 bits per heavy atom. The van der Waals surface area contributed by atoms with E-state index in [-0.39, 0.29) is 52.6 Å². The molecule has 2 rings (SSSR count). The van der Waals surface area contributed by atoms with Crippen molar-refractivity contribution in [1.82, 2.24) is 4.98 Å².